The second kappa shape index (κ2) is 5.26. The fourth-order valence-electron chi connectivity index (χ4n) is 1.60. The molecule has 0 unspecified atom stereocenters. The lowest BCUT2D eigenvalue weighted by atomic mass is 10.1. The summed E-state index contributed by atoms with van der Waals surface area (Å²) < 4.78 is 0. The van der Waals surface area contributed by atoms with Crippen molar-refractivity contribution in [2.45, 2.75) is 20.3 Å². The average Bonchev–Trinajstić information content (AvgIpc) is 2.12. The normalized spacial score (nSPS) is 10.3. The highest BCUT2D eigenvalue weighted by atomic mass is 35.5. The standard InChI is InChI=1S/C12H18ClN/c1-10-7-11(2)9-12(8-10)14(3)6-4-5-13/h7-9H,4-6H2,1-3H3. The van der Waals surface area contributed by atoms with Crippen LogP contribution in [0.15, 0.2) is 18.2 Å². The molecule has 78 valence electrons. The molecule has 1 aromatic carbocycles. The maximum Gasteiger partial charge on any atom is 0.0368 e. The number of rotatable bonds is 4. The first-order chi connectivity index (χ1) is 6.63. The number of halogens is 1. The van der Waals surface area contributed by atoms with E-state index in [1.165, 1.54) is 16.8 Å². The van der Waals surface area contributed by atoms with Crippen molar-refractivity contribution in [2.75, 3.05) is 24.4 Å². The van der Waals surface area contributed by atoms with Crippen LogP contribution in [0.4, 0.5) is 5.69 Å². The number of hydrogen-bond acceptors (Lipinski definition) is 1. The summed E-state index contributed by atoms with van der Waals surface area (Å²) in [5, 5.41) is 0. The SMILES string of the molecule is Cc1cc(C)cc(N(C)CCCCl)c1. The van der Waals surface area contributed by atoms with Gasteiger partial charge in [-0.3, -0.25) is 0 Å². The second-order valence-corrected chi connectivity index (χ2v) is 4.19. The van der Waals surface area contributed by atoms with Crippen LogP contribution in [0.2, 0.25) is 0 Å². The van der Waals surface area contributed by atoms with Crippen LogP contribution in [0.3, 0.4) is 0 Å². The van der Waals surface area contributed by atoms with E-state index in [0.717, 1.165) is 18.8 Å². The van der Waals surface area contributed by atoms with Crippen molar-refractivity contribution in [1.29, 1.82) is 0 Å². The van der Waals surface area contributed by atoms with E-state index >= 15 is 0 Å². The van der Waals surface area contributed by atoms with Crippen LogP contribution >= 0.6 is 11.6 Å². The molecule has 0 saturated carbocycles. The van der Waals surface area contributed by atoms with E-state index in [2.05, 4.69) is 44.0 Å². The zero-order valence-corrected chi connectivity index (χ0v) is 9.93. The Hall–Kier alpha value is -0.690. The molecule has 0 aliphatic rings. The molecule has 2 heteroatoms. The lowest BCUT2D eigenvalue weighted by Crippen LogP contribution is -2.18. The quantitative estimate of drug-likeness (QED) is 0.691. The molecule has 0 N–H and O–H groups in total. The van der Waals surface area contributed by atoms with Crippen molar-refractivity contribution in [3.05, 3.63) is 29.3 Å². The summed E-state index contributed by atoms with van der Waals surface area (Å²) in [6.07, 6.45) is 1.03. The van der Waals surface area contributed by atoms with Gasteiger partial charge >= 0.3 is 0 Å². The molecule has 14 heavy (non-hydrogen) atoms. The summed E-state index contributed by atoms with van der Waals surface area (Å²) in [6.45, 7) is 5.28. The van der Waals surface area contributed by atoms with Gasteiger partial charge in [0.2, 0.25) is 0 Å². The number of anilines is 1. The van der Waals surface area contributed by atoms with Gasteiger partial charge in [-0.15, -0.1) is 11.6 Å². The molecule has 0 heterocycles. The zero-order chi connectivity index (χ0) is 10.6. The molecule has 0 radical (unpaired) electrons. The van der Waals surface area contributed by atoms with Gasteiger partial charge in [-0.2, -0.15) is 0 Å². The Morgan fingerprint density at radius 3 is 2.21 bits per heavy atom. The predicted octanol–water partition coefficient (Wildman–Crippen LogP) is 3.37. The first-order valence-corrected chi connectivity index (χ1v) is 5.52. The van der Waals surface area contributed by atoms with Crippen LogP contribution in [0.5, 0.6) is 0 Å². The lowest BCUT2D eigenvalue weighted by molar-refractivity contribution is 0.856. The molecule has 0 saturated heterocycles. The van der Waals surface area contributed by atoms with E-state index in [9.17, 15) is 0 Å². The van der Waals surface area contributed by atoms with Gasteiger partial charge < -0.3 is 4.90 Å². The molecule has 0 fully saturated rings. The summed E-state index contributed by atoms with van der Waals surface area (Å²) >= 11 is 5.67. The number of nitrogens with zero attached hydrogens (tertiary/aromatic N) is 1. The van der Waals surface area contributed by atoms with Crippen LogP contribution in [-0.4, -0.2) is 19.5 Å². The first kappa shape index (κ1) is 11.4. The van der Waals surface area contributed by atoms with E-state index < -0.39 is 0 Å². The van der Waals surface area contributed by atoms with Crippen molar-refractivity contribution in [3.63, 3.8) is 0 Å². The van der Waals surface area contributed by atoms with Gasteiger partial charge in [0.15, 0.2) is 0 Å². The molecule has 1 nitrogen and oxygen atoms in total. The highest BCUT2D eigenvalue weighted by Crippen LogP contribution is 2.17. The first-order valence-electron chi connectivity index (χ1n) is 4.99. The van der Waals surface area contributed by atoms with Crippen LogP contribution in [0.1, 0.15) is 17.5 Å². The molecule has 0 spiro atoms. The van der Waals surface area contributed by atoms with E-state index in [4.69, 9.17) is 11.6 Å². The minimum Gasteiger partial charge on any atom is -0.375 e. The maximum atomic E-state index is 5.67. The van der Waals surface area contributed by atoms with Gasteiger partial charge in [0.1, 0.15) is 0 Å². The van der Waals surface area contributed by atoms with E-state index in [0.29, 0.717) is 0 Å². The van der Waals surface area contributed by atoms with Crippen molar-refractivity contribution < 1.29 is 0 Å². The molecule has 1 aromatic rings. The Morgan fingerprint density at radius 2 is 1.71 bits per heavy atom. The molecule has 0 aliphatic heterocycles. The molecule has 0 aliphatic carbocycles. The minimum absolute atomic E-state index is 0.731. The summed E-state index contributed by atoms with van der Waals surface area (Å²) in [7, 11) is 2.11. The third kappa shape index (κ3) is 3.22. The number of alkyl halides is 1. The van der Waals surface area contributed by atoms with E-state index in [-0.39, 0.29) is 0 Å². The zero-order valence-electron chi connectivity index (χ0n) is 9.18. The van der Waals surface area contributed by atoms with Gasteiger partial charge in [0.05, 0.1) is 0 Å². The van der Waals surface area contributed by atoms with Crippen molar-refractivity contribution in [2.24, 2.45) is 0 Å². The van der Waals surface area contributed by atoms with Gasteiger partial charge in [0.25, 0.3) is 0 Å². The summed E-state index contributed by atoms with van der Waals surface area (Å²) in [6, 6.07) is 6.61. The van der Waals surface area contributed by atoms with Crippen molar-refractivity contribution >= 4 is 17.3 Å². The van der Waals surface area contributed by atoms with Crippen LogP contribution in [0, 0.1) is 13.8 Å². The smallest absolute Gasteiger partial charge is 0.0368 e. The molecule has 0 aromatic heterocycles. The van der Waals surface area contributed by atoms with Gasteiger partial charge in [0, 0.05) is 25.2 Å². The van der Waals surface area contributed by atoms with E-state index in [1.807, 2.05) is 0 Å². The highest BCUT2D eigenvalue weighted by Gasteiger charge is 2.01. The second-order valence-electron chi connectivity index (χ2n) is 3.81. The number of hydrogen-bond donors (Lipinski definition) is 0. The Morgan fingerprint density at radius 1 is 1.14 bits per heavy atom. The Balaban J connectivity index is 2.73. The number of aryl methyl sites for hydroxylation is 2. The summed E-state index contributed by atoms with van der Waals surface area (Å²) in [5.74, 6) is 0.731. The summed E-state index contributed by atoms with van der Waals surface area (Å²) in [4.78, 5) is 2.25. The predicted molar refractivity (Wildman–Crippen MR) is 64.5 cm³/mol. The molecule has 0 atom stereocenters. The number of benzene rings is 1. The lowest BCUT2D eigenvalue weighted by Gasteiger charge is -2.19. The molecular weight excluding hydrogens is 194 g/mol. The fraction of sp³-hybridized carbons (Fsp3) is 0.500. The van der Waals surface area contributed by atoms with Gasteiger partial charge in [-0.1, -0.05) is 6.07 Å². The molecular formula is C12H18ClN. The van der Waals surface area contributed by atoms with E-state index in [1.54, 1.807) is 0 Å². The Kier molecular flexibility index (Phi) is 4.27. The maximum absolute atomic E-state index is 5.67. The fourth-order valence-corrected chi connectivity index (χ4v) is 1.72. The van der Waals surface area contributed by atoms with Crippen LogP contribution < -0.4 is 4.90 Å². The van der Waals surface area contributed by atoms with Crippen molar-refractivity contribution in [3.8, 4) is 0 Å². The summed E-state index contributed by atoms with van der Waals surface area (Å²) in [5.41, 5.74) is 3.92. The molecule has 1 rings (SSSR count). The monoisotopic (exact) mass is 211 g/mol. The molecule has 0 amide bonds. The largest absolute Gasteiger partial charge is 0.375 e. The van der Waals surface area contributed by atoms with Crippen LogP contribution in [0.25, 0.3) is 0 Å². The van der Waals surface area contributed by atoms with Crippen molar-refractivity contribution in [1.82, 2.24) is 0 Å². The minimum atomic E-state index is 0.731. The highest BCUT2D eigenvalue weighted by molar-refractivity contribution is 6.17. The Labute approximate surface area is 91.7 Å². The third-order valence-electron chi connectivity index (χ3n) is 2.27. The van der Waals surface area contributed by atoms with Crippen LogP contribution in [-0.2, 0) is 0 Å². The third-order valence-corrected chi connectivity index (χ3v) is 2.54. The van der Waals surface area contributed by atoms with Gasteiger partial charge in [-0.05, 0) is 43.5 Å². The Bertz CT molecular complexity index is 276. The molecule has 0 bridgehead atoms. The average molecular weight is 212 g/mol. The van der Waals surface area contributed by atoms with Gasteiger partial charge in [-0.25, -0.2) is 0 Å². The topological polar surface area (TPSA) is 3.24 Å².